The van der Waals surface area contributed by atoms with E-state index >= 15 is 0 Å². The summed E-state index contributed by atoms with van der Waals surface area (Å²) in [6.45, 7) is 8.99. The number of carbonyl (C=O) groups is 3. The van der Waals surface area contributed by atoms with E-state index in [1.54, 1.807) is 13.0 Å². The van der Waals surface area contributed by atoms with Crippen molar-refractivity contribution in [1.82, 2.24) is 4.90 Å². The lowest BCUT2D eigenvalue weighted by Gasteiger charge is -2.22. The molecule has 0 fully saturated rings. The lowest BCUT2D eigenvalue weighted by Crippen LogP contribution is -2.29. The SMILES string of the molecule is CCN1C(=O)c2cc(C#N)c(/N=N/c3ccc(N(CC)CC)cc3NC(C)=O)c(Br)c2C1=O. The molecule has 0 bridgehead atoms. The minimum Gasteiger partial charge on any atom is -0.372 e. The highest BCUT2D eigenvalue weighted by Crippen LogP contribution is 2.40. The first kappa shape index (κ1) is 24.1. The monoisotopic (exact) mass is 510 g/mol. The molecule has 0 saturated carbocycles. The van der Waals surface area contributed by atoms with E-state index in [4.69, 9.17) is 0 Å². The molecule has 1 aliphatic rings. The van der Waals surface area contributed by atoms with E-state index in [0.29, 0.717) is 11.4 Å². The third-order valence-electron chi connectivity index (χ3n) is 5.29. The second-order valence-electron chi connectivity index (χ2n) is 7.23. The zero-order valence-corrected chi connectivity index (χ0v) is 20.4. The van der Waals surface area contributed by atoms with E-state index in [0.717, 1.165) is 23.7 Å². The molecule has 170 valence electrons. The van der Waals surface area contributed by atoms with E-state index in [-0.39, 0.29) is 39.3 Å². The van der Waals surface area contributed by atoms with Crippen molar-refractivity contribution in [3.63, 3.8) is 0 Å². The van der Waals surface area contributed by atoms with Crippen LogP contribution in [-0.2, 0) is 4.79 Å². The smallest absolute Gasteiger partial charge is 0.262 e. The molecule has 3 rings (SSSR count). The van der Waals surface area contributed by atoms with Crippen molar-refractivity contribution in [2.45, 2.75) is 27.7 Å². The summed E-state index contributed by atoms with van der Waals surface area (Å²) in [4.78, 5) is 40.2. The van der Waals surface area contributed by atoms with Crippen molar-refractivity contribution in [3.8, 4) is 6.07 Å². The van der Waals surface area contributed by atoms with Gasteiger partial charge in [-0.15, -0.1) is 10.2 Å². The quantitative estimate of drug-likeness (QED) is 0.407. The van der Waals surface area contributed by atoms with Gasteiger partial charge in [0.25, 0.3) is 11.8 Å². The van der Waals surface area contributed by atoms with E-state index in [9.17, 15) is 19.6 Å². The first-order valence-corrected chi connectivity index (χ1v) is 11.3. The van der Waals surface area contributed by atoms with Gasteiger partial charge in [-0.05, 0) is 61.0 Å². The highest BCUT2D eigenvalue weighted by molar-refractivity contribution is 9.10. The summed E-state index contributed by atoms with van der Waals surface area (Å²) in [5.41, 5.74) is 2.33. The van der Waals surface area contributed by atoms with Gasteiger partial charge in [0.15, 0.2) is 0 Å². The van der Waals surface area contributed by atoms with Crippen LogP contribution in [0.25, 0.3) is 0 Å². The number of azo groups is 1. The van der Waals surface area contributed by atoms with E-state index in [2.05, 4.69) is 36.4 Å². The maximum absolute atomic E-state index is 12.7. The van der Waals surface area contributed by atoms with Crippen molar-refractivity contribution in [3.05, 3.63) is 45.4 Å². The van der Waals surface area contributed by atoms with Gasteiger partial charge in [-0.25, -0.2) is 0 Å². The third-order valence-corrected chi connectivity index (χ3v) is 6.06. The van der Waals surface area contributed by atoms with Crippen LogP contribution >= 0.6 is 15.9 Å². The van der Waals surface area contributed by atoms with Gasteiger partial charge in [0.1, 0.15) is 17.4 Å². The average Bonchev–Trinajstić information content (AvgIpc) is 3.03. The Balaban J connectivity index is 2.10. The van der Waals surface area contributed by atoms with Crippen LogP contribution in [-0.4, -0.2) is 42.3 Å². The molecule has 0 saturated heterocycles. The Morgan fingerprint density at radius 2 is 1.85 bits per heavy atom. The molecule has 2 aromatic carbocycles. The summed E-state index contributed by atoms with van der Waals surface area (Å²) >= 11 is 3.35. The molecule has 0 spiro atoms. The molecule has 3 amide bonds. The Kier molecular flexibility index (Phi) is 7.23. The van der Waals surface area contributed by atoms with Crippen molar-refractivity contribution >= 4 is 56.4 Å². The maximum atomic E-state index is 12.7. The lowest BCUT2D eigenvalue weighted by molar-refractivity contribution is -0.114. The molecule has 0 atom stereocenters. The van der Waals surface area contributed by atoms with Crippen molar-refractivity contribution in [2.75, 3.05) is 29.9 Å². The predicted octanol–water partition coefficient (Wildman–Crippen LogP) is 5.16. The van der Waals surface area contributed by atoms with Crippen LogP contribution < -0.4 is 10.2 Å². The van der Waals surface area contributed by atoms with E-state index in [1.807, 2.05) is 32.0 Å². The Morgan fingerprint density at radius 1 is 1.15 bits per heavy atom. The lowest BCUT2D eigenvalue weighted by atomic mass is 10.0. The minimum atomic E-state index is -0.451. The number of benzene rings is 2. The largest absolute Gasteiger partial charge is 0.372 e. The summed E-state index contributed by atoms with van der Waals surface area (Å²) < 4.78 is 0.232. The maximum Gasteiger partial charge on any atom is 0.262 e. The number of carbonyl (C=O) groups excluding carboxylic acids is 3. The Labute approximate surface area is 200 Å². The van der Waals surface area contributed by atoms with Gasteiger partial charge in [0.05, 0.1) is 26.9 Å². The molecule has 1 heterocycles. The summed E-state index contributed by atoms with van der Waals surface area (Å²) in [5, 5.41) is 20.9. The average molecular weight is 511 g/mol. The molecule has 2 aromatic rings. The number of anilines is 2. The number of nitrogens with one attached hydrogen (secondary N) is 1. The van der Waals surface area contributed by atoms with Crippen molar-refractivity contribution < 1.29 is 14.4 Å². The number of hydrogen-bond acceptors (Lipinski definition) is 7. The molecule has 1 N–H and O–H groups in total. The number of hydrogen-bond donors (Lipinski definition) is 1. The molecule has 0 radical (unpaired) electrons. The molecule has 33 heavy (non-hydrogen) atoms. The summed E-state index contributed by atoms with van der Waals surface area (Å²) in [5.74, 6) is -1.16. The first-order valence-electron chi connectivity index (χ1n) is 10.5. The van der Waals surface area contributed by atoms with Crippen LogP contribution in [0.15, 0.2) is 39.0 Å². The standard InChI is InChI=1S/C23H23BrN6O3/c1-5-29(6-2)15-8-9-17(18(11-15)26-13(4)31)27-28-21-14(12-25)10-16-19(20(21)24)23(33)30(7-3)22(16)32/h8-11H,5-7H2,1-4H3,(H,26,31)/b28-27+. The number of nitriles is 1. The van der Waals surface area contributed by atoms with Gasteiger partial charge >= 0.3 is 0 Å². The highest BCUT2D eigenvalue weighted by Gasteiger charge is 2.38. The van der Waals surface area contributed by atoms with Crippen LogP contribution in [0.3, 0.4) is 0 Å². The Morgan fingerprint density at radius 3 is 2.42 bits per heavy atom. The Bertz CT molecular complexity index is 1210. The normalized spacial score (nSPS) is 12.8. The first-order chi connectivity index (χ1) is 15.8. The molecule has 0 aromatic heterocycles. The fourth-order valence-corrected chi connectivity index (χ4v) is 4.33. The molecular formula is C23H23BrN6O3. The number of fused-ring (bicyclic) bond motifs is 1. The zero-order valence-electron chi connectivity index (χ0n) is 18.8. The number of halogens is 1. The number of nitrogens with zero attached hydrogens (tertiary/aromatic N) is 5. The zero-order chi connectivity index (χ0) is 24.3. The third kappa shape index (κ3) is 4.50. The topological polar surface area (TPSA) is 118 Å². The molecule has 9 nitrogen and oxygen atoms in total. The summed E-state index contributed by atoms with van der Waals surface area (Å²) in [7, 11) is 0. The van der Waals surface area contributed by atoms with Gasteiger partial charge in [0.2, 0.25) is 5.91 Å². The fraction of sp³-hybridized carbons (Fsp3) is 0.304. The molecule has 0 unspecified atom stereocenters. The van der Waals surface area contributed by atoms with Crippen LogP contribution in [0.2, 0.25) is 0 Å². The molecule has 0 aliphatic carbocycles. The van der Waals surface area contributed by atoms with Crippen LogP contribution in [0, 0.1) is 11.3 Å². The minimum absolute atomic E-state index is 0.101. The van der Waals surface area contributed by atoms with Gasteiger partial charge < -0.3 is 10.2 Å². The predicted molar refractivity (Wildman–Crippen MR) is 128 cm³/mol. The highest BCUT2D eigenvalue weighted by atomic mass is 79.9. The number of rotatable bonds is 7. The second kappa shape index (κ2) is 9.92. The summed E-state index contributed by atoms with van der Waals surface area (Å²) in [6, 6.07) is 8.79. The summed E-state index contributed by atoms with van der Waals surface area (Å²) in [6.07, 6.45) is 0. The van der Waals surface area contributed by atoms with Crippen LogP contribution in [0.5, 0.6) is 0 Å². The van der Waals surface area contributed by atoms with Crippen LogP contribution in [0.4, 0.5) is 22.7 Å². The van der Waals surface area contributed by atoms with Crippen molar-refractivity contribution in [1.29, 1.82) is 5.26 Å². The fourth-order valence-electron chi connectivity index (χ4n) is 3.65. The number of imide groups is 1. The van der Waals surface area contributed by atoms with Crippen molar-refractivity contribution in [2.24, 2.45) is 10.2 Å². The van der Waals surface area contributed by atoms with Crippen LogP contribution in [0.1, 0.15) is 54.0 Å². The number of amides is 3. The molecule has 1 aliphatic heterocycles. The van der Waals surface area contributed by atoms with E-state index in [1.165, 1.54) is 13.0 Å². The molecule has 10 heteroatoms. The molecular weight excluding hydrogens is 488 g/mol. The Hall–Kier alpha value is -3.58. The van der Waals surface area contributed by atoms with Gasteiger partial charge in [-0.3, -0.25) is 19.3 Å². The van der Waals surface area contributed by atoms with E-state index < -0.39 is 11.8 Å². The van der Waals surface area contributed by atoms with Gasteiger partial charge in [0, 0.05) is 32.2 Å². The van der Waals surface area contributed by atoms with Gasteiger partial charge in [-0.1, -0.05) is 0 Å². The van der Waals surface area contributed by atoms with Gasteiger partial charge in [-0.2, -0.15) is 5.26 Å². The second-order valence-corrected chi connectivity index (χ2v) is 8.02.